The lowest BCUT2D eigenvalue weighted by atomic mass is 9.92. The number of nitrogens with one attached hydrogen (secondary N) is 1. The van der Waals surface area contributed by atoms with E-state index in [9.17, 15) is 9.59 Å². The van der Waals surface area contributed by atoms with E-state index < -0.39 is 12.1 Å². The van der Waals surface area contributed by atoms with E-state index in [2.05, 4.69) is 15.3 Å². The summed E-state index contributed by atoms with van der Waals surface area (Å²) in [5.41, 5.74) is 14.8. The second kappa shape index (κ2) is 8.79. The molecule has 4 rings (SSSR count). The average Bonchev–Trinajstić information content (AvgIpc) is 3.24. The zero-order valence-electron chi connectivity index (χ0n) is 17.0. The monoisotopic (exact) mass is 408 g/mol. The minimum Gasteiger partial charge on any atom is -0.368 e. The molecule has 5 N–H and O–H groups in total. The molecule has 1 saturated heterocycles. The van der Waals surface area contributed by atoms with E-state index >= 15 is 0 Å². The number of likely N-dealkylation sites (tertiary alicyclic amines) is 1. The highest BCUT2D eigenvalue weighted by Crippen LogP contribution is 2.22. The molecule has 2 aliphatic rings. The summed E-state index contributed by atoms with van der Waals surface area (Å²) in [5.74, 6) is 0.0233. The Morgan fingerprint density at radius 2 is 2.03 bits per heavy atom. The standard InChI is InChI=1S/C22H28N6O2/c23-17(11-14-5-2-1-3-6-14)21(30)28-10-4-7-19(28)20(29)26-16-8-9-18-15(12-16)13-25-22(24)27-18/h1-3,5-6,13,16-17,19H,4,7-12,23H2,(H,26,29)(H2,24,25,27)/t16?,17-,19+/m1/s1. The van der Waals surface area contributed by atoms with Crippen LogP contribution in [-0.4, -0.2) is 51.4 Å². The Morgan fingerprint density at radius 1 is 1.23 bits per heavy atom. The van der Waals surface area contributed by atoms with Crippen molar-refractivity contribution in [3.8, 4) is 0 Å². The Morgan fingerprint density at radius 3 is 2.83 bits per heavy atom. The van der Waals surface area contributed by atoms with Gasteiger partial charge < -0.3 is 21.7 Å². The van der Waals surface area contributed by atoms with Crippen LogP contribution < -0.4 is 16.8 Å². The van der Waals surface area contributed by atoms with Gasteiger partial charge in [-0.25, -0.2) is 9.97 Å². The van der Waals surface area contributed by atoms with Crippen molar-refractivity contribution in [2.75, 3.05) is 12.3 Å². The molecule has 2 aromatic rings. The van der Waals surface area contributed by atoms with Crippen LogP contribution in [0.25, 0.3) is 0 Å². The summed E-state index contributed by atoms with van der Waals surface area (Å²) in [7, 11) is 0. The number of hydrogen-bond acceptors (Lipinski definition) is 6. The smallest absolute Gasteiger partial charge is 0.243 e. The molecule has 8 heteroatoms. The number of nitrogens with two attached hydrogens (primary N) is 2. The molecule has 0 spiro atoms. The van der Waals surface area contributed by atoms with Crippen molar-refractivity contribution in [3.05, 3.63) is 53.3 Å². The van der Waals surface area contributed by atoms with Crippen molar-refractivity contribution in [2.45, 2.75) is 56.7 Å². The highest BCUT2D eigenvalue weighted by atomic mass is 16.2. The quantitative estimate of drug-likeness (QED) is 0.665. The van der Waals surface area contributed by atoms with Crippen LogP contribution in [0.3, 0.4) is 0 Å². The molecular weight excluding hydrogens is 380 g/mol. The lowest BCUT2D eigenvalue weighted by Crippen LogP contribution is -2.53. The first-order chi connectivity index (χ1) is 14.5. The van der Waals surface area contributed by atoms with E-state index in [0.29, 0.717) is 25.8 Å². The third-order valence-electron chi connectivity index (χ3n) is 5.97. The van der Waals surface area contributed by atoms with Gasteiger partial charge in [-0.2, -0.15) is 0 Å². The molecule has 1 aromatic carbocycles. The molecule has 1 aliphatic carbocycles. The highest BCUT2D eigenvalue weighted by Gasteiger charge is 2.37. The summed E-state index contributed by atoms with van der Waals surface area (Å²) in [4.78, 5) is 35.9. The van der Waals surface area contributed by atoms with Gasteiger partial charge in [0.1, 0.15) is 6.04 Å². The van der Waals surface area contributed by atoms with Crippen molar-refractivity contribution in [1.29, 1.82) is 0 Å². The maximum atomic E-state index is 13.0. The van der Waals surface area contributed by atoms with E-state index in [0.717, 1.165) is 36.1 Å². The second-order valence-corrected chi connectivity index (χ2v) is 8.13. The number of benzene rings is 1. The molecule has 8 nitrogen and oxygen atoms in total. The van der Waals surface area contributed by atoms with Gasteiger partial charge in [0.25, 0.3) is 0 Å². The fourth-order valence-corrected chi connectivity index (χ4v) is 4.41. The summed E-state index contributed by atoms with van der Waals surface area (Å²) < 4.78 is 0. The Kier molecular flexibility index (Phi) is 5.94. The van der Waals surface area contributed by atoms with Gasteiger partial charge in [0.15, 0.2) is 0 Å². The number of aryl methyl sites for hydroxylation is 1. The maximum Gasteiger partial charge on any atom is 0.243 e. The molecular formula is C22H28N6O2. The topological polar surface area (TPSA) is 127 Å². The van der Waals surface area contributed by atoms with Gasteiger partial charge in [0.05, 0.1) is 6.04 Å². The van der Waals surface area contributed by atoms with Crippen LogP contribution in [-0.2, 0) is 28.9 Å². The molecule has 0 bridgehead atoms. The molecule has 3 atom stereocenters. The summed E-state index contributed by atoms with van der Waals surface area (Å²) in [5, 5.41) is 3.13. The van der Waals surface area contributed by atoms with Gasteiger partial charge >= 0.3 is 0 Å². The molecule has 1 fully saturated rings. The van der Waals surface area contributed by atoms with Crippen molar-refractivity contribution in [3.63, 3.8) is 0 Å². The zero-order chi connectivity index (χ0) is 21.1. The predicted molar refractivity (Wildman–Crippen MR) is 113 cm³/mol. The number of fused-ring (bicyclic) bond motifs is 1. The lowest BCUT2D eigenvalue weighted by Gasteiger charge is -2.30. The summed E-state index contributed by atoms with van der Waals surface area (Å²) in [6.07, 6.45) is 5.90. The molecule has 1 aliphatic heterocycles. The van der Waals surface area contributed by atoms with Crippen molar-refractivity contribution < 1.29 is 9.59 Å². The van der Waals surface area contributed by atoms with E-state index in [1.54, 1.807) is 11.1 Å². The van der Waals surface area contributed by atoms with E-state index in [1.165, 1.54) is 0 Å². The minimum absolute atomic E-state index is 0.00719. The van der Waals surface area contributed by atoms with E-state index in [1.807, 2.05) is 30.3 Å². The minimum atomic E-state index is -0.648. The zero-order valence-corrected chi connectivity index (χ0v) is 17.0. The summed E-state index contributed by atoms with van der Waals surface area (Å²) >= 11 is 0. The van der Waals surface area contributed by atoms with Gasteiger partial charge in [-0.15, -0.1) is 0 Å². The van der Waals surface area contributed by atoms with Crippen LogP contribution in [0.15, 0.2) is 36.5 Å². The second-order valence-electron chi connectivity index (χ2n) is 8.13. The summed E-state index contributed by atoms with van der Waals surface area (Å²) in [6.45, 7) is 0.569. The molecule has 1 unspecified atom stereocenters. The van der Waals surface area contributed by atoms with Crippen molar-refractivity contribution >= 4 is 17.8 Å². The molecule has 2 heterocycles. The molecule has 0 radical (unpaired) electrons. The Balaban J connectivity index is 1.36. The highest BCUT2D eigenvalue weighted by molar-refractivity contribution is 5.90. The first kappa shape index (κ1) is 20.3. The van der Waals surface area contributed by atoms with Crippen LogP contribution >= 0.6 is 0 Å². The first-order valence-electron chi connectivity index (χ1n) is 10.5. The normalized spacial score (nSPS) is 21.7. The number of rotatable bonds is 5. The number of nitrogen functional groups attached to an aromatic ring is 1. The molecule has 1 aromatic heterocycles. The number of carbonyl (C=O) groups is 2. The van der Waals surface area contributed by atoms with Crippen molar-refractivity contribution in [1.82, 2.24) is 20.2 Å². The number of aromatic nitrogens is 2. The van der Waals surface area contributed by atoms with Crippen molar-refractivity contribution in [2.24, 2.45) is 5.73 Å². The lowest BCUT2D eigenvalue weighted by molar-refractivity contribution is -0.139. The fraction of sp³-hybridized carbons (Fsp3) is 0.455. The average molecular weight is 409 g/mol. The number of nitrogens with zero attached hydrogens (tertiary/aromatic N) is 3. The van der Waals surface area contributed by atoms with Crippen LogP contribution in [0.5, 0.6) is 0 Å². The third-order valence-corrected chi connectivity index (χ3v) is 5.97. The van der Waals surface area contributed by atoms with Gasteiger partial charge in [0.2, 0.25) is 17.8 Å². The number of hydrogen-bond donors (Lipinski definition) is 3. The van der Waals surface area contributed by atoms with E-state index in [-0.39, 0.29) is 23.8 Å². The number of amides is 2. The SMILES string of the molecule is Nc1ncc2c(n1)CCC(NC(=O)[C@@H]1CCCN1C(=O)[C@H](N)Cc1ccccc1)C2. The maximum absolute atomic E-state index is 13.0. The fourth-order valence-electron chi connectivity index (χ4n) is 4.41. The molecule has 30 heavy (non-hydrogen) atoms. The Labute approximate surface area is 176 Å². The Hall–Kier alpha value is -3.00. The predicted octanol–water partition coefficient (Wildman–Crippen LogP) is 0.593. The third kappa shape index (κ3) is 4.43. The van der Waals surface area contributed by atoms with Crippen LogP contribution in [0, 0.1) is 0 Å². The van der Waals surface area contributed by atoms with Gasteiger partial charge in [0, 0.05) is 24.5 Å². The van der Waals surface area contributed by atoms with Crippen LogP contribution in [0.1, 0.15) is 36.1 Å². The summed E-state index contributed by atoms with van der Waals surface area (Å²) in [6, 6.07) is 8.61. The van der Waals surface area contributed by atoms with Crippen LogP contribution in [0.2, 0.25) is 0 Å². The molecule has 0 saturated carbocycles. The van der Waals surface area contributed by atoms with Crippen LogP contribution in [0.4, 0.5) is 5.95 Å². The number of carbonyl (C=O) groups excluding carboxylic acids is 2. The van der Waals surface area contributed by atoms with E-state index in [4.69, 9.17) is 11.5 Å². The Bertz CT molecular complexity index is 919. The largest absolute Gasteiger partial charge is 0.368 e. The first-order valence-corrected chi connectivity index (χ1v) is 10.5. The van der Waals surface area contributed by atoms with Gasteiger partial charge in [-0.3, -0.25) is 9.59 Å². The van der Waals surface area contributed by atoms with Gasteiger partial charge in [-0.05, 0) is 49.7 Å². The number of anilines is 1. The molecule has 2 amide bonds. The van der Waals surface area contributed by atoms with Gasteiger partial charge in [-0.1, -0.05) is 30.3 Å². The molecule has 158 valence electrons.